The minimum Gasteiger partial charge on any atom is -0.397 e. The average molecular weight is 149 g/mol. The molecule has 2 rings (SSSR count). The number of aromatic nitrogens is 4. The van der Waals surface area contributed by atoms with Crippen LogP contribution in [0.25, 0.3) is 11.0 Å². The Morgan fingerprint density at radius 2 is 2.27 bits per heavy atom. The van der Waals surface area contributed by atoms with E-state index in [9.17, 15) is 0 Å². The van der Waals surface area contributed by atoms with Gasteiger partial charge in [0, 0.05) is 7.05 Å². The second kappa shape index (κ2) is 1.91. The molecular formula is C6H7N5. The number of rotatable bonds is 0. The number of nitrogen functional groups attached to an aromatic ring is 1. The summed E-state index contributed by atoms with van der Waals surface area (Å²) < 4.78 is 1.64. The van der Waals surface area contributed by atoms with Crippen LogP contribution in [0.3, 0.4) is 0 Å². The zero-order valence-electron chi connectivity index (χ0n) is 6.02. The fourth-order valence-electron chi connectivity index (χ4n) is 0.969. The van der Waals surface area contributed by atoms with Gasteiger partial charge in [-0.3, -0.25) is 0 Å². The van der Waals surface area contributed by atoms with Crippen LogP contribution in [0.1, 0.15) is 0 Å². The van der Waals surface area contributed by atoms with E-state index in [1.165, 1.54) is 6.20 Å². The van der Waals surface area contributed by atoms with E-state index in [2.05, 4.69) is 15.3 Å². The first-order chi connectivity index (χ1) is 5.29. The Morgan fingerprint density at radius 1 is 1.45 bits per heavy atom. The molecule has 0 radical (unpaired) electrons. The van der Waals surface area contributed by atoms with E-state index in [-0.39, 0.29) is 0 Å². The molecule has 56 valence electrons. The highest BCUT2D eigenvalue weighted by molar-refractivity contribution is 5.86. The number of hydrogen-bond acceptors (Lipinski definition) is 4. The molecule has 0 aliphatic heterocycles. The van der Waals surface area contributed by atoms with Crippen molar-refractivity contribution >= 4 is 16.7 Å². The maximum absolute atomic E-state index is 5.61. The Morgan fingerprint density at radius 3 is 3.00 bits per heavy atom. The number of hydrogen-bond donors (Lipinski definition) is 1. The first kappa shape index (κ1) is 6.09. The van der Waals surface area contributed by atoms with Crippen molar-refractivity contribution in [2.45, 2.75) is 0 Å². The summed E-state index contributed by atoms with van der Waals surface area (Å²) in [6.07, 6.45) is 3.20. The predicted octanol–water partition coefficient (Wildman–Crippen LogP) is -0.0545. The molecule has 0 atom stereocenters. The Bertz CT molecular complexity index is 391. The summed E-state index contributed by atoms with van der Waals surface area (Å²) in [7, 11) is 1.80. The number of aryl methyl sites for hydroxylation is 1. The molecule has 0 amide bonds. The van der Waals surface area contributed by atoms with Crippen molar-refractivity contribution in [3.63, 3.8) is 0 Å². The number of anilines is 1. The van der Waals surface area contributed by atoms with Crippen LogP contribution < -0.4 is 5.73 Å². The molecular weight excluding hydrogens is 142 g/mol. The highest BCUT2D eigenvalue weighted by Gasteiger charge is 2.02. The second-order valence-corrected chi connectivity index (χ2v) is 2.31. The minimum atomic E-state index is 0.614. The van der Waals surface area contributed by atoms with Gasteiger partial charge in [-0.15, -0.1) is 5.10 Å². The molecule has 0 spiro atoms. The van der Waals surface area contributed by atoms with Crippen molar-refractivity contribution in [2.24, 2.45) is 7.05 Å². The molecule has 0 unspecified atom stereocenters. The van der Waals surface area contributed by atoms with Crippen LogP contribution in [-0.2, 0) is 7.05 Å². The molecule has 2 heterocycles. The monoisotopic (exact) mass is 149 g/mol. The molecule has 0 bridgehead atoms. The van der Waals surface area contributed by atoms with E-state index >= 15 is 0 Å². The Kier molecular flexibility index (Phi) is 1.06. The summed E-state index contributed by atoms with van der Waals surface area (Å²) in [6, 6.07) is 0. The molecule has 5 heteroatoms. The molecule has 2 aromatic rings. The SMILES string of the molecule is Cn1ncc2c(N)cnnc21. The topological polar surface area (TPSA) is 69.6 Å². The third kappa shape index (κ3) is 0.739. The van der Waals surface area contributed by atoms with Crippen LogP contribution in [0.2, 0.25) is 0 Å². The van der Waals surface area contributed by atoms with Crippen LogP contribution in [0.15, 0.2) is 12.4 Å². The summed E-state index contributed by atoms with van der Waals surface area (Å²) in [6.45, 7) is 0. The molecule has 0 aliphatic rings. The van der Waals surface area contributed by atoms with E-state index < -0.39 is 0 Å². The van der Waals surface area contributed by atoms with Crippen molar-refractivity contribution in [2.75, 3.05) is 5.73 Å². The van der Waals surface area contributed by atoms with Crippen LogP contribution in [0.5, 0.6) is 0 Å². The normalized spacial score (nSPS) is 10.6. The molecule has 2 N–H and O–H groups in total. The van der Waals surface area contributed by atoms with Gasteiger partial charge >= 0.3 is 0 Å². The molecule has 0 saturated heterocycles. The molecule has 0 aromatic carbocycles. The van der Waals surface area contributed by atoms with Gasteiger partial charge in [0.25, 0.3) is 0 Å². The maximum atomic E-state index is 5.61. The number of nitrogens with two attached hydrogens (primary N) is 1. The minimum absolute atomic E-state index is 0.614. The predicted molar refractivity (Wildman–Crippen MR) is 40.7 cm³/mol. The molecule has 2 aromatic heterocycles. The lowest BCUT2D eigenvalue weighted by atomic mass is 10.3. The van der Waals surface area contributed by atoms with Crippen LogP contribution in [0, 0.1) is 0 Å². The highest BCUT2D eigenvalue weighted by Crippen LogP contribution is 2.14. The van der Waals surface area contributed by atoms with Crippen molar-refractivity contribution < 1.29 is 0 Å². The molecule has 0 aliphatic carbocycles. The fourth-order valence-corrected chi connectivity index (χ4v) is 0.969. The molecule has 0 fully saturated rings. The lowest BCUT2D eigenvalue weighted by Crippen LogP contribution is -1.95. The van der Waals surface area contributed by atoms with Gasteiger partial charge in [0.2, 0.25) is 0 Å². The quantitative estimate of drug-likeness (QED) is 0.570. The van der Waals surface area contributed by atoms with Gasteiger partial charge in [0.1, 0.15) is 0 Å². The Balaban J connectivity index is 2.94. The van der Waals surface area contributed by atoms with E-state index in [1.807, 2.05) is 0 Å². The summed E-state index contributed by atoms with van der Waals surface area (Å²) >= 11 is 0. The smallest absolute Gasteiger partial charge is 0.182 e. The third-order valence-electron chi connectivity index (χ3n) is 1.57. The van der Waals surface area contributed by atoms with Gasteiger partial charge in [-0.05, 0) is 0 Å². The van der Waals surface area contributed by atoms with Crippen molar-refractivity contribution in [1.29, 1.82) is 0 Å². The number of nitrogens with zero attached hydrogens (tertiary/aromatic N) is 4. The summed E-state index contributed by atoms with van der Waals surface area (Å²) in [5.41, 5.74) is 6.94. The standard InChI is InChI=1S/C6H7N5/c1-11-6-4(2-9-11)5(7)3-8-10-6/h2-3H,1H3,(H2,7,10). The van der Waals surface area contributed by atoms with Crippen LogP contribution in [0.4, 0.5) is 5.69 Å². The van der Waals surface area contributed by atoms with Crippen molar-refractivity contribution in [3.05, 3.63) is 12.4 Å². The van der Waals surface area contributed by atoms with E-state index in [0.29, 0.717) is 11.3 Å². The largest absolute Gasteiger partial charge is 0.397 e. The Labute approximate surface area is 62.8 Å². The van der Waals surface area contributed by atoms with E-state index in [0.717, 1.165) is 5.39 Å². The van der Waals surface area contributed by atoms with Crippen molar-refractivity contribution in [3.8, 4) is 0 Å². The van der Waals surface area contributed by atoms with E-state index in [1.54, 1.807) is 17.9 Å². The summed E-state index contributed by atoms with van der Waals surface area (Å²) in [4.78, 5) is 0. The second-order valence-electron chi connectivity index (χ2n) is 2.31. The molecule has 0 saturated carbocycles. The zero-order chi connectivity index (χ0) is 7.84. The van der Waals surface area contributed by atoms with Gasteiger partial charge in [-0.2, -0.15) is 10.2 Å². The summed E-state index contributed by atoms with van der Waals surface area (Å²) in [5, 5.41) is 12.4. The maximum Gasteiger partial charge on any atom is 0.182 e. The zero-order valence-corrected chi connectivity index (χ0v) is 6.02. The fraction of sp³-hybridized carbons (Fsp3) is 0.167. The first-order valence-electron chi connectivity index (χ1n) is 3.18. The van der Waals surface area contributed by atoms with Gasteiger partial charge < -0.3 is 5.73 Å². The lowest BCUT2D eigenvalue weighted by molar-refractivity contribution is 0.777. The van der Waals surface area contributed by atoms with Gasteiger partial charge in [0.05, 0.1) is 23.5 Å². The van der Waals surface area contributed by atoms with Gasteiger partial charge in [-0.25, -0.2) is 4.68 Å². The van der Waals surface area contributed by atoms with Crippen molar-refractivity contribution in [1.82, 2.24) is 20.0 Å². The lowest BCUT2D eigenvalue weighted by Gasteiger charge is -1.92. The first-order valence-corrected chi connectivity index (χ1v) is 3.18. The van der Waals surface area contributed by atoms with E-state index in [4.69, 9.17) is 5.73 Å². The number of fused-ring (bicyclic) bond motifs is 1. The molecule has 5 nitrogen and oxygen atoms in total. The molecule has 11 heavy (non-hydrogen) atoms. The van der Waals surface area contributed by atoms with Crippen LogP contribution in [-0.4, -0.2) is 20.0 Å². The van der Waals surface area contributed by atoms with Gasteiger partial charge in [0.15, 0.2) is 5.65 Å². The third-order valence-corrected chi connectivity index (χ3v) is 1.57. The van der Waals surface area contributed by atoms with Gasteiger partial charge in [-0.1, -0.05) is 0 Å². The van der Waals surface area contributed by atoms with Crippen LogP contribution >= 0.6 is 0 Å². The highest BCUT2D eigenvalue weighted by atomic mass is 15.3. The Hall–Kier alpha value is -1.65. The summed E-state index contributed by atoms with van der Waals surface area (Å²) in [5.74, 6) is 0. The average Bonchev–Trinajstić information content (AvgIpc) is 2.35.